The summed E-state index contributed by atoms with van der Waals surface area (Å²) in [5.41, 5.74) is 5.07. The van der Waals surface area contributed by atoms with E-state index in [2.05, 4.69) is 9.47 Å². The summed E-state index contributed by atoms with van der Waals surface area (Å²) in [7, 11) is 0. The zero-order valence-corrected chi connectivity index (χ0v) is 7.80. The summed E-state index contributed by atoms with van der Waals surface area (Å²) in [4.78, 5) is 10.9. The Hall–Kier alpha value is -0.820. The number of carbonyl (C=O) groups excluding carboxylic acids is 1. The second-order valence-corrected chi connectivity index (χ2v) is 2.85. The van der Waals surface area contributed by atoms with Crippen molar-refractivity contribution in [2.24, 2.45) is 5.73 Å². The predicted octanol–water partition coefficient (Wildman–Crippen LogP) is 0.802. The van der Waals surface area contributed by atoms with E-state index >= 15 is 0 Å². The Labute approximate surface area is 79.2 Å². The van der Waals surface area contributed by atoms with Crippen LogP contribution in [-0.4, -0.2) is 31.1 Å². The molecule has 0 rings (SSSR count). The first-order chi connectivity index (χ1) is 6.22. The number of hydrogen-bond donors (Lipinski definition) is 1. The van der Waals surface area contributed by atoms with Crippen molar-refractivity contribution in [3.05, 3.63) is 0 Å². The lowest BCUT2D eigenvalue weighted by Gasteiger charge is -2.14. The molecule has 0 spiro atoms. The first kappa shape index (κ1) is 13.2. The van der Waals surface area contributed by atoms with E-state index in [0.717, 1.165) is 0 Å². The molecule has 84 valence electrons. The molecule has 0 radical (unpaired) electrons. The Balaban J connectivity index is 3.85. The van der Waals surface area contributed by atoms with Gasteiger partial charge in [-0.15, -0.1) is 13.2 Å². The second kappa shape index (κ2) is 5.16. The Bertz CT molecular complexity index is 193. The molecular weight excluding hydrogens is 203 g/mol. The molecule has 0 fully saturated rings. The van der Waals surface area contributed by atoms with Gasteiger partial charge in [-0.25, -0.2) is 0 Å². The Morgan fingerprint density at radius 2 is 1.93 bits per heavy atom. The van der Waals surface area contributed by atoms with Crippen LogP contribution >= 0.6 is 0 Å². The Morgan fingerprint density at radius 3 is 2.29 bits per heavy atom. The van der Waals surface area contributed by atoms with Crippen molar-refractivity contribution >= 4 is 5.97 Å². The third kappa shape index (κ3) is 6.67. The summed E-state index contributed by atoms with van der Waals surface area (Å²) in [5.74, 6) is -0.913. The van der Waals surface area contributed by atoms with Gasteiger partial charge in [0.15, 0.2) is 0 Å². The number of nitrogens with two attached hydrogens (primary N) is 1. The van der Waals surface area contributed by atoms with Crippen LogP contribution in [0.2, 0.25) is 0 Å². The lowest BCUT2D eigenvalue weighted by Crippen LogP contribution is -2.39. The van der Waals surface area contributed by atoms with Crippen molar-refractivity contribution in [1.29, 1.82) is 0 Å². The summed E-state index contributed by atoms with van der Waals surface area (Å²) in [6.07, 6.45) is -5.20. The standard InChI is InChI=1S/C7H12F3NO3/c1-4(2)14-6(12)5(11)3-13-7(8,9)10/h4-5H,3,11H2,1-2H3/t5-/m0/s1. The lowest BCUT2D eigenvalue weighted by molar-refractivity contribution is -0.325. The molecule has 0 unspecified atom stereocenters. The van der Waals surface area contributed by atoms with Gasteiger partial charge in [-0.05, 0) is 13.8 Å². The maximum absolute atomic E-state index is 11.5. The van der Waals surface area contributed by atoms with E-state index in [1.165, 1.54) is 0 Å². The van der Waals surface area contributed by atoms with E-state index in [1.807, 2.05) is 0 Å². The van der Waals surface area contributed by atoms with Gasteiger partial charge in [-0.1, -0.05) is 0 Å². The van der Waals surface area contributed by atoms with Gasteiger partial charge in [0.2, 0.25) is 0 Å². The molecule has 14 heavy (non-hydrogen) atoms. The minimum absolute atomic E-state index is 0.417. The van der Waals surface area contributed by atoms with Crippen molar-refractivity contribution in [2.75, 3.05) is 6.61 Å². The molecular formula is C7H12F3NO3. The zero-order chi connectivity index (χ0) is 11.4. The molecule has 0 aliphatic rings. The minimum atomic E-state index is -4.78. The molecule has 0 saturated heterocycles. The van der Waals surface area contributed by atoms with Gasteiger partial charge in [0.1, 0.15) is 6.04 Å². The number of hydrogen-bond acceptors (Lipinski definition) is 4. The van der Waals surface area contributed by atoms with Gasteiger partial charge in [-0.2, -0.15) is 0 Å². The van der Waals surface area contributed by atoms with E-state index in [1.54, 1.807) is 13.8 Å². The molecule has 2 N–H and O–H groups in total. The molecule has 0 aromatic rings. The Kier molecular flexibility index (Phi) is 4.86. The van der Waals surface area contributed by atoms with Gasteiger partial charge in [0, 0.05) is 0 Å². The number of halogens is 3. The number of ether oxygens (including phenoxy) is 2. The highest BCUT2D eigenvalue weighted by Gasteiger charge is 2.31. The molecule has 0 heterocycles. The average Bonchev–Trinajstić information content (AvgIpc) is 1.97. The second-order valence-electron chi connectivity index (χ2n) is 2.85. The normalized spacial score (nSPS) is 14.2. The van der Waals surface area contributed by atoms with Crippen molar-refractivity contribution in [3.63, 3.8) is 0 Å². The van der Waals surface area contributed by atoms with Gasteiger partial charge in [-0.3, -0.25) is 9.53 Å². The van der Waals surface area contributed by atoms with Crippen molar-refractivity contribution in [3.8, 4) is 0 Å². The molecule has 1 atom stereocenters. The molecule has 4 nitrogen and oxygen atoms in total. The predicted molar refractivity (Wildman–Crippen MR) is 41.2 cm³/mol. The molecule has 0 aromatic heterocycles. The third-order valence-corrected chi connectivity index (χ3v) is 1.08. The summed E-state index contributed by atoms with van der Waals surface area (Å²) in [5, 5.41) is 0. The highest BCUT2D eigenvalue weighted by atomic mass is 19.4. The molecule has 0 aliphatic carbocycles. The van der Waals surface area contributed by atoms with Crippen molar-refractivity contribution < 1.29 is 27.4 Å². The summed E-state index contributed by atoms with van der Waals surface area (Å²) in [6.45, 7) is 2.19. The zero-order valence-electron chi connectivity index (χ0n) is 7.80. The van der Waals surface area contributed by atoms with Crippen LogP contribution in [0.3, 0.4) is 0 Å². The molecule has 0 aliphatic heterocycles. The van der Waals surface area contributed by atoms with Crippen LogP contribution in [0.25, 0.3) is 0 Å². The SMILES string of the molecule is CC(C)OC(=O)[C@@H](N)COC(F)(F)F. The van der Waals surface area contributed by atoms with Crippen molar-refractivity contribution in [2.45, 2.75) is 32.4 Å². The highest BCUT2D eigenvalue weighted by molar-refractivity contribution is 5.75. The van der Waals surface area contributed by atoms with E-state index in [0.29, 0.717) is 0 Å². The molecule has 0 bridgehead atoms. The maximum atomic E-state index is 11.5. The largest absolute Gasteiger partial charge is 0.522 e. The first-order valence-electron chi connectivity index (χ1n) is 3.89. The topological polar surface area (TPSA) is 61.5 Å². The molecule has 0 amide bonds. The fraction of sp³-hybridized carbons (Fsp3) is 0.857. The number of alkyl halides is 3. The van der Waals surface area contributed by atoms with E-state index in [9.17, 15) is 18.0 Å². The van der Waals surface area contributed by atoms with Crippen LogP contribution in [-0.2, 0) is 14.3 Å². The van der Waals surface area contributed by atoms with Gasteiger partial charge < -0.3 is 10.5 Å². The fourth-order valence-corrected chi connectivity index (χ4v) is 0.572. The Morgan fingerprint density at radius 1 is 1.43 bits per heavy atom. The molecule has 0 aromatic carbocycles. The van der Waals surface area contributed by atoms with Crippen LogP contribution in [0, 0.1) is 0 Å². The van der Waals surface area contributed by atoms with Gasteiger partial charge in [0.05, 0.1) is 12.7 Å². The fourth-order valence-electron chi connectivity index (χ4n) is 0.572. The maximum Gasteiger partial charge on any atom is 0.522 e. The van der Waals surface area contributed by atoms with Gasteiger partial charge >= 0.3 is 12.3 Å². The number of esters is 1. The van der Waals surface area contributed by atoms with Crippen LogP contribution in [0.5, 0.6) is 0 Å². The lowest BCUT2D eigenvalue weighted by atomic mass is 10.3. The van der Waals surface area contributed by atoms with Crippen LogP contribution in [0.4, 0.5) is 13.2 Å². The van der Waals surface area contributed by atoms with Crippen LogP contribution in [0.1, 0.15) is 13.8 Å². The monoisotopic (exact) mass is 215 g/mol. The van der Waals surface area contributed by atoms with E-state index < -0.39 is 31.1 Å². The highest BCUT2D eigenvalue weighted by Crippen LogP contribution is 2.16. The minimum Gasteiger partial charge on any atom is -0.462 e. The summed E-state index contributed by atoms with van der Waals surface area (Å²) < 4.78 is 42.5. The van der Waals surface area contributed by atoms with Crippen LogP contribution in [0.15, 0.2) is 0 Å². The molecule has 0 saturated carbocycles. The first-order valence-corrected chi connectivity index (χ1v) is 3.89. The number of rotatable bonds is 4. The smallest absolute Gasteiger partial charge is 0.462 e. The molecule has 7 heteroatoms. The van der Waals surface area contributed by atoms with E-state index in [-0.39, 0.29) is 0 Å². The third-order valence-electron chi connectivity index (χ3n) is 1.08. The van der Waals surface area contributed by atoms with Crippen molar-refractivity contribution in [1.82, 2.24) is 0 Å². The average molecular weight is 215 g/mol. The summed E-state index contributed by atoms with van der Waals surface area (Å²) >= 11 is 0. The van der Waals surface area contributed by atoms with E-state index in [4.69, 9.17) is 5.73 Å². The summed E-state index contributed by atoms with van der Waals surface area (Å²) in [6, 6.07) is -1.42. The quantitative estimate of drug-likeness (QED) is 0.704. The van der Waals surface area contributed by atoms with Crippen LogP contribution < -0.4 is 5.73 Å². The number of carbonyl (C=O) groups is 1. The van der Waals surface area contributed by atoms with Gasteiger partial charge in [0.25, 0.3) is 0 Å².